The molecule has 0 fully saturated rings. The first-order chi connectivity index (χ1) is 5.65. The fourth-order valence-electron chi connectivity index (χ4n) is 0.799. The van der Waals surface area contributed by atoms with Gasteiger partial charge in [-0.2, -0.15) is 0 Å². The molecule has 0 aliphatic carbocycles. The molecule has 1 rings (SSSR count). The van der Waals surface area contributed by atoms with E-state index in [0.29, 0.717) is 15.7 Å². The molecule has 0 unspecified atom stereocenters. The van der Waals surface area contributed by atoms with Gasteiger partial charge in [-0.25, -0.2) is 4.98 Å². The molecule has 0 saturated heterocycles. The summed E-state index contributed by atoms with van der Waals surface area (Å²) in [5, 5.41) is 0.888. The number of nitrogens with zero attached hydrogens (tertiary/aromatic N) is 1. The van der Waals surface area contributed by atoms with Crippen molar-refractivity contribution in [1.82, 2.24) is 4.98 Å². The lowest BCUT2D eigenvalue weighted by molar-refractivity contribution is 0.904. The second-order valence-corrected chi connectivity index (χ2v) is 3.09. The van der Waals surface area contributed by atoms with Gasteiger partial charge in [-0.3, -0.25) is 0 Å². The summed E-state index contributed by atoms with van der Waals surface area (Å²) in [5.41, 5.74) is 6.36. The molecule has 2 N–H and O–H groups in total. The number of aromatic nitrogens is 1. The summed E-state index contributed by atoms with van der Waals surface area (Å²) < 4.78 is 0. The lowest BCUT2D eigenvalue weighted by Crippen LogP contribution is -2.07. The second-order valence-electron chi connectivity index (χ2n) is 2.30. The quantitative estimate of drug-likeness (QED) is 0.592. The molecule has 64 valence electrons. The summed E-state index contributed by atoms with van der Waals surface area (Å²) in [4.78, 5) is 3.85. The van der Waals surface area contributed by atoms with E-state index in [4.69, 9.17) is 28.9 Å². The third-order valence-corrected chi connectivity index (χ3v) is 1.97. The monoisotopic (exact) mass is 202 g/mol. The van der Waals surface area contributed by atoms with Crippen LogP contribution in [0.2, 0.25) is 10.2 Å². The summed E-state index contributed by atoms with van der Waals surface area (Å²) >= 11 is 11.5. The van der Waals surface area contributed by atoms with E-state index in [1.165, 1.54) is 6.20 Å². The number of rotatable bonds is 2. The van der Waals surface area contributed by atoms with Crippen molar-refractivity contribution < 1.29 is 0 Å². The zero-order valence-electron chi connectivity index (χ0n) is 6.30. The number of nitrogens with two attached hydrogens (primary N) is 1. The molecule has 0 aliphatic heterocycles. The Labute approximate surface area is 81.0 Å². The number of pyridine rings is 1. The summed E-state index contributed by atoms with van der Waals surface area (Å²) in [6, 6.07) is 1.37. The molecular weight excluding hydrogens is 195 g/mol. The Balaban J connectivity index is 3.12. The standard InChI is InChI=1S/C8H8Cl2N2/c1-2-7(11)6-3-5(9)4-12-8(6)10/h2-4,7H,1,11H2/t7-/m1/s1. The van der Waals surface area contributed by atoms with Crippen LogP contribution in [0.5, 0.6) is 0 Å². The molecule has 1 aromatic rings. The van der Waals surface area contributed by atoms with Crippen molar-refractivity contribution in [2.24, 2.45) is 5.73 Å². The smallest absolute Gasteiger partial charge is 0.134 e. The Bertz CT molecular complexity index is 299. The van der Waals surface area contributed by atoms with Gasteiger partial charge in [0, 0.05) is 11.8 Å². The highest BCUT2D eigenvalue weighted by atomic mass is 35.5. The van der Waals surface area contributed by atoms with Crippen molar-refractivity contribution in [2.75, 3.05) is 0 Å². The van der Waals surface area contributed by atoms with Gasteiger partial charge >= 0.3 is 0 Å². The van der Waals surface area contributed by atoms with Crippen molar-refractivity contribution in [3.63, 3.8) is 0 Å². The molecule has 0 aliphatic rings. The van der Waals surface area contributed by atoms with Gasteiger partial charge in [0.15, 0.2) is 0 Å². The van der Waals surface area contributed by atoms with Crippen molar-refractivity contribution in [3.05, 3.63) is 40.7 Å². The first kappa shape index (κ1) is 9.52. The molecule has 0 bridgehead atoms. The highest BCUT2D eigenvalue weighted by Gasteiger charge is 2.07. The van der Waals surface area contributed by atoms with Crippen molar-refractivity contribution >= 4 is 23.2 Å². The van der Waals surface area contributed by atoms with Gasteiger partial charge in [0.2, 0.25) is 0 Å². The Morgan fingerprint density at radius 3 is 2.83 bits per heavy atom. The van der Waals surface area contributed by atoms with E-state index in [2.05, 4.69) is 11.6 Å². The zero-order valence-corrected chi connectivity index (χ0v) is 7.81. The van der Waals surface area contributed by atoms with Crippen molar-refractivity contribution in [3.8, 4) is 0 Å². The van der Waals surface area contributed by atoms with E-state index in [1.807, 2.05) is 0 Å². The molecule has 0 saturated carbocycles. The van der Waals surface area contributed by atoms with Gasteiger partial charge in [0.25, 0.3) is 0 Å². The zero-order chi connectivity index (χ0) is 9.14. The lowest BCUT2D eigenvalue weighted by Gasteiger charge is -2.07. The van der Waals surface area contributed by atoms with Crippen LogP contribution < -0.4 is 5.73 Å². The average Bonchev–Trinajstić information content (AvgIpc) is 2.08. The van der Waals surface area contributed by atoms with Gasteiger partial charge in [-0.05, 0) is 6.07 Å². The van der Waals surface area contributed by atoms with Gasteiger partial charge in [-0.1, -0.05) is 29.3 Å². The maximum atomic E-state index is 5.77. The molecule has 1 aromatic heterocycles. The van der Waals surface area contributed by atoms with Crippen LogP contribution in [-0.4, -0.2) is 4.98 Å². The molecule has 0 spiro atoms. The Kier molecular flexibility index (Phi) is 3.09. The topological polar surface area (TPSA) is 38.9 Å². The van der Waals surface area contributed by atoms with E-state index in [0.717, 1.165) is 0 Å². The first-order valence-corrected chi connectivity index (χ1v) is 4.10. The normalized spacial score (nSPS) is 12.6. The third-order valence-electron chi connectivity index (χ3n) is 1.45. The van der Waals surface area contributed by atoms with Crippen molar-refractivity contribution in [1.29, 1.82) is 0 Å². The van der Waals surface area contributed by atoms with Crippen LogP contribution in [0, 0.1) is 0 Å². The van der Waals surface area contributed by atoms with Gasteiger partial charge in [-0.15, -0.1) is 6.58 Å². The van der Waals surface area contributed by atoms with Crippen LogP contribution in [0.3, 0.4) is 0 Å². The molecule has 0 radical (unpaired) electrons. The Morgan fingerprint density at radius 1 is 1.58 bits per heavy atom. The van der Waals surface area contributed by atoms with Gasteiger partial charge in [0.1, 0.15) is 5.15 Å². The fourth-order valence-corrected chi connectivity index (χ4v) is 1.19. The molecular formula is C8H8Cl2N2. The number of hydrogen-bond donors (Lipinski definition) is 1. The number of hydrogen-bond acceptors (Lipinski definition) is 2. The highest BCUT2D eigenvalue weighted by Crippen LogP contribution is 2.22. The molecule has 12 heavy (non-hydrogen) atoms. The minimum Gasteiger partial charge on any atom is -0.321 e. The molecule has 0 amide bonds. The van der Waals surface area contributed by atoms with E-state index < -0.39 is 0 Å². The molecule has 1 atom stereocenters. The van der Waals surface area contributed by atoms with E-state index >= 15 is 0 Å². The SMILES string of the molecule is C=C[C@@H](N)c1cc(Cl)cnc1Cl. The second kappa shape index (κ2) is 3.90. The third kappa shape index (κ3) is 1.97. The summed E-state index contributed by atoms with van der Waals surface area (Å²) in [5.74, 6) is 0. The number of halogens is 2. The Morgan fingerprint density at radius 2 is 2.25 bits per heavy atom. The van der Waals surface area contributed by atoms with E-state index in [9.17, 15) is 0 Å². The summed E-state index contributed by atoms with van der Waals surface area (Å²) in [6.07, 6.45) is 3.06. The average molecular weight is 203 g/mol. The maximum Gasteiger partial charge on any atom is 0.134 e. The summed E-state index contributed by atoms with van der Waals surface area (Å²) in [7, 11) is 0. The van der Waals surface area contributed by atoms with Crippen LogP contribution in [0.1, 0.15) is 11.6 Å². The van der Waals surface area contributed by atoms with Crippen LogP contribution in [0.25, 0.3) is 0 Å². The van der Waals surface area contributed by atoms with Gasteiger partial charge < -0.3 is 5.73 Å². The van der Waals surface area contributed by atoms with Gasteiger partial charge in [0.05, 0.1) is 11.1 Å². The molecule has 0 aromatic carbocycles. The van der Waals surface area contributed by atoms with E-state index in [1.54, 1.807) is 12.1 Å². The van der Waals surface area contributed by atoms with Crippen LogP contribution in [0.15, 0.2) is 24.9 Å². The van der Waals surface area contributed by atoms with E-state index in [-0.39, 0.29) is 6.04 Å². The molecule has 1 heterocycles. The molecule has 2 nitrogen and oxygen atoms in total. The highest BCUT2D eigenvalue weighted by molar-refractivity contribution is 6.32. The van der Waals surface area contributed by atoms with Crippen LogP contribution in [0.4, 0.5) is 0 Å². The van der Waals surface area contributed by atoms with Crippen LogP contribution in [-0.2, 0) is 0 Å². The predicted octanol–water partition coefficient (Wildman–Crippen LogP) is 2.57. The fraction of sp³-hybridized carbons (Fsp3) is 0.125. The lowest BCUT2D eigenvalue weighted by atomic mass is 10.1. The minimum atomic E-state index is -0.316. The first-order valence-electron chi connectivity index (χ1n) is 3.34. The summed E-state index contributed by atoms with van der Waals surface area (Å²) in [6.45, 7) is 3.55. The Hall–Kier alpha value is -0.570. The predicted molar refractivity (Wildman–Crippen MR) is 51.4 cm³/mol. The van der Waals surface area contributed by atoms with Crippen molar-refractivity contribution in [2.45, 2.75) is 6.04 Å². The minimum absolute atomic E-state index is 0.316. The molecule has 4 heteroatoms. The maximum absolute atomic E-state index is 5.77. The largest absolute Gasteiger partial charge is 0.321 e. The van der Waals surface area contributed by atoms with Crippen LogP contribution >= 0.6 is 23.2 Å².